The van der Waals surface area contributed by atoms with Gasteiger partial charge in [0.25, 0.3) is 0 Å². The van der Waals surface area contributed by atoms with Crippen molar-refractivity contribution in [2.75, 3.05) is 26.7 Å². The van der Waals surface area contributed by atoms with E-state index < -0.39 is 0 Å². The average Bonchev–Trinajstić information content (AvgIpc) is 2.34. The van der Waals surface area contributed by atoms with Crippen molar-refractivity contribution in [1.82, 2.24) is 4.90 Å². The molecule has 3 rings (SSSR count). The van der Waals surface area contributed by atoms with Crippen LogP contribution in [0.15, 0.2) is 18.2 Å². The summed E-state index contributed by atoms with van der Waals surface area (Å²) >= 11 is 0. The van der Waals surface area contributed by atoms with E-state index in [9.17, 15) is 4.39 Å². The summed E-state index contributed by atoms with van der Waals surface area (Å²) in [5.74, 6) is 0.539. The number of ether oxygens (including phenoxy) is 1. The molecule has 0 unspecified atom stereocenters. The molecule has 92 valence electrons. The number of piperidine rings is 1. The molecule has 0 aliphatic carbocycles. The quantitative estimate of drug-likeness (QED) is 0.685. The molecule has 1 fully saturated rings. The highest BCUT2D eigenvalue weighted by Crippen LogP contribution is 2.41. The Morgan fingerprint density at radius 3 is 2.82 bits per heavy atom. The molecule has 0 bridgehead atoms. The van der Waals surface area contributed by atoms with Gasteiger partial charge >= 0.3 is 0 Å². The van der Waals surface area contributed by atoms with Gasteiger partial charge in [0.05, 0.1) is 6.61 Å². The van der Waals surface area contributed by atoms with Crippen LogP contribution in [-0.4, -0.2) is 31.6 Å². The molecule has 17 heavy (non-hydrogen) atoms. The van der Waals surface area contributed by atoms with Crippen LogP contribution in [0, 0.1) is 11.2 Å². The number of fused-ring (bicyclic) bond motifs is 1. The maximum absolute atomic E-state index is 13.1. The van der Waals surface area contributed by atoms with E-state index in [1.54, 1.807) is 0 Å². The van der Waals surface area contributed by atoms with E-state index >= 15 is 0 Å². The van der Waals surface area contributed by atoms with Gasteiger partial charge in [0.1, 0.15) is 11.6 Å². The summed E-state index contributed by atoms with van der Waals surface area (Å²) in [5.41, 5.74) is 1.46. The number of rotatable bonds is 0. The van der Waals surface area contributed by atoms with E-state index in [0.29, 0.717) is 0 Å². The van der Waals surface area contributed by atoms with Crippen LogP contribution in [0.4, 0.5) is 4.39 Å². The molecule has 2 heterocycles. The van der Waals surface area contributed by atoms with Crippen LogP contribution < -0.4 is 4.74 Å². The lowest BCUT2D eigenvalue weighted by Gasteiger charge is -2.43. The van der Waals surface area contributed by atoms with Crippen LogP contribution in [0.2, 0.25) is 0 Å². The summed E-state index contributed by atoms with van der Waals surface area (Å²) in [6.45, 7) is 3.02. The van der Waals surface area contributed by atoms with Gasteiger partial charge in [-0.15, -0.1) is 0 Å². The Morgan fingerprint density at radius 2 is 2.06 bits per heavy atom. The van der Waals surface area contributed by atoms with Crippen molar-refractivity contribution in [3.63, 3.8) is 0 Å². The number of hydrogen-bond donors (Lipinski definition) is 0. The summed E-state index contributed by atoms with van der Waals surface area (Å²) in [4.78, 5) is 2.37. The molecule has 1 spiro atoms. The second-order valence-electron chi connectivity index (χ2n) is 5.52. The van der Waals surface area contributed by atoms with Gasteiger partial charge in [-0.05, 0) is 51.0 Å². The summed E-state index contributed by atoms with van der Waals surface area (Å²) in [5, 5.41) is 0. The summed E-state index contributed by atoms with van der Waals surface area (Å²) < 4.78 is 18.9. The zero-order valence-corrected chi connectivity index (χ0v) is 10.2. The number of halogens is 1. The Kier molecular flexibility index (Phi) is 2.58. The maximum Gasteiger partial charge on any atom is 0.126 e. The molecule has 2 aliphatic rings. The van der Waals surface area contributed by atoms with Crippen molar-refractivity contribution in [3.05, 3.63) is 29.6 Å². The summed E-state index contributed by atoms with van der Waals surface area (Å²) in [6.07, 6.45) is 3.40. The first kappa shape index (κ1) is 11.0. The monoisotopic (exact) mass is 235 g/mol. The van der Waals surface area contributed by atoms with Gasteiger partial charge in [-0.1, -0.05) is 6.07 Å². The van der Waals surface area contributed by atoms with Crippen LogP contribution in [0.3, 0.4) is 0 Å². The van der Waals surface area contributed by atoms with Crippen molar-refractivity contribution in [3.8, 4) is 5.75 Å². The van der Waals surface area contributed by atoms with Crippen LogP contribution in [0.5, 0.6) is 5.75 Å². The van der Waals surface area contributed by atoms with Crippen molar-refractivity contribution in [2.24, 2.45) is 5.41 Å². The second-order valence-corrected chi connectivity index (χ2v) is 5.52. The SMILES string of the molecule is CN1CCC2(CC1)COc1cc(F)ccc1C2. The summed E-state index contributed by atoms with van der Waals surface area (Å²) in [6, 6.07) is 4.93. The molecular formula is C14H18FNO. The van der Waals surface area contributed by atoms with Gasteiger partial charge in [0.2, 0.25) is 0 Å². The second kappa shape index (κ2) is 3.98. The third-order valence-corrected chi connectivity index (χ3v) is 4.18. The lowest BCUT2D eigenvalue weighted by Crippen LogP contribution is -2.44. The Morgan fingerprint density at radius 1 is 1.29 bits per heavy atom. The molecule has 2 nitrogen and oxygen atoms in total. The standard InChI is InChI=1S/C14H18FNO/c1-16-6-4-14(5-7-16)9-11-2-3-12(15)8-13(11)17-10-14/h2-3,8H,4-7,9-10H2,1H3. The first-order valence-corrected chi connectivity index (χ1v) is 6.27. The molecule has 0 N–H and O–H groups in total. The predicted molar refractivity (Wildman–Crippen MR) is 64.8 cm³/mol. The van der Waals surface area contributed by atoms with Crippen molar-refractivity contribution in [1.29, 1.82) is 0 Å². The van der Waals surface area contributed by atoms with Crippen LogP contribution in [0.25, 0.3) is 0 Å². The predicted octanol–water partition coefficient (Wildman–Crippen LogP) is 2.47. The smallest absolute Gasteiger partial charge is 0.126 e. The van der Waals surface area contributed by atoms with Crippen LogP contribution >= 0.6 is 0 Å². The molecule has 1 aromatic carbocycles. The lowest BCUT2D eigenvalue weighted by atomic mass is 9.73. The van der Waals surface area contributed by atoms with E-state index in [1.165, 1.54) is 30.5 Å². The molecule has 0 atom stereocenters. The molecule has 0 amide bonds. The van der Waals surface area contributed by atoms with Crippen molar-refractivity contribution >= 4 is 0 Å². The van der Waals surface area contributed by atoms with E-state index in [1.807, 2.05) is 6.07 Å². The maximum atomic E-state index is 13.1. The first-order chi connectivity index (χ1) is 8.17. The fourth-order valence-corrected chi connectivity index (χ4v) is 2.91. The minimum absolute atomic E-state index is 0.205. The Bertz CT molecular complexity index is 424. The zero-order valence-electron chi connectivity index (χ0n) is 10.2. The number of nitrogens with zero attached hydrogens (tertiary/aromatic N) is 1. The Hall–Kier alpha value is -1.09. The molecule has 0 radical (unpaired) electrons. The molecule has 0 aromatic heterocycles. The van der Waals surface area contributed by atoms with E-state index in [4.69, 9.17) is 4.74 Å². The van der Waals surface area contributed by atoms with Crippen molar-refractivity contribution < 1.29 is 9.13 Å². The van der Waals surface area contributed by atoms with Gasteiger partial charge in [-0.3, -0.25) is 0 Å². The van der Waals surface area contributed by atoms with Crippen molar-refractivity contribution in [2.45, 2.75) is 19.3 Å². The van der Waals surface area contributed by atoms with Gasteiger partial charge in [0, 0.05) is 11.5 Å². The largest absolute Gasteiger partial charge is 0.493 e. The third kappa shape index (κ3) is 2.04. The molecule has 2 aliphatic heterocycles. The summed E-state index contributed by atoms with van der Waals surface area (Å²) in [7, 11) is 2.17. The highest BCUT2D eigenvalue weighted by molar-refractivity contribution is 5.36. The minimum atomic E-state index is -0.205. The van der Waals surface area contributed by atoms with Gasteiger partial charge < -0.3 is 9.64 Å². The molecule has 3 heteroatoms. The minimum Gasteiger partial charge on any atom is -0.493 e. The van der Waals surface area contributed by atoms with Crippen LogP contribution in [-0.2, 0) is 6.42 Å². The number of hydrogen-bond acceptors (Lipinski definition) is 2. The van der Waals surface area contributed by atoms with E-state index in [0.717, 1.165) is 31.9 Å². The third-order valence-electron chi connectivity index (χ3n) is 4.18. The molecule has 1 aromatic rings. The topological polar surface area (TPSA) is 12.5 Å². The highest BCUT2D eigenvalue weighted by atomic mass is 19.1. The Labute approximate surface area is 101 Å². The van der Waals surface area contributed by atoms with Crippen LogP contribution in [0.1, 0.15) is 18.4 Å². The Balaban J connectivity index is 1.83. The lowest BCUT2D eigenvalue weighted by molar-refractivity contribution is 0.0496. The molecular weight excluding hydrogens is 217 g/mol. The van der Waals surface area contributed by atoms with E-state index in [-0.39, 0.29) is 11.2 Å². The number of likely N-dealkylation sites (tertiary alicyclic amines) is 1. The van der Waals surface area contributed by atoms with Gasteiger partial charge in [0.15, 0.2) is 0 Å². The molecule has 0 saturated carbocycles. The fraction of sp³-hybridized carbons (Fsp3) is 0.571. The van der Waals surface area contributed by atoms with Gasteiger partial charge in [-0.25, -0.2) is 4.39 Å². The first-order valence-electron chi connectivity index (χ1n) is 6.27. The fourth-order valence-electron chi connectivity index (χ4n) is 2.91. The highest BCUT2D eigenvalue weighted by Gasteiger charge is 2.38. The zero-order chi connectivity index (χ0) is 11.9. The molecule has 1 saturated heterocycles. The normalized spacial score (nSPS) is 23.2. The van der Waals surface area contributed by atoms with E-state index in [2.05, 4.69) is 11.9 Å². The number of benzene rings is 1. The average molecular weight is 235 g/mol. The van der Waals surface area contributed by atoms with Gasteiger partial charge in [-0.2, -0.15) is 0 Å².